The number of hydrogen-bond acceptors (Lipinski definition) is 3. The number of hydroxylamine groups is 1. The van der Waals surface area contributed by atoms with E-state index in [1.807, 2.05) is 30.3 Å². The van der Waals surface area contributed by atoms with Crippen molar-refractivity contribution in [3.05, 3.63) is 70.9 Å². The number of benzene rings is 2. The van der Waals surface area contributed by atoms with Crippen LogP contribution in [0.25, 0.3) is 0 Å². The Hall–Kier alpha value is -2.82. The molecule has 0 spiro atoms. The van der Waals surface area contributed by atoms with Crippen LogP contribution in [0.4, 0.5) is 0 Å². The standard InChI is InChI=1S/C17H18N2O3/c1-22-15-9-7-14(8-10-15)12-19(21)16(17(18)20)11-13-5-3-2-4-6-13/h2-10,12,16H,11H2,1H3,(H2,18,20)/b19-12-. The topological polar surface area (TPSA) is 78.4 Å². The van der Waals surface area contributed by atoms with Gasteiger partial charge in [0.1, 0.15) is 5.75 Å². The van der Waals surface area contributed by atoms with E-state index in [1.165, 1.54) is 6.21 Å². The Morgan fingerprint density at radius 3 is 2.41 bits per heavy atom. The number of carbonyl (C=O) groups excluding carboxylic acids is 1. The maximum Gasteiger partial charge on any atom is 0.287 e. The molecule has 1 amide bonds. The number of hydrogen-bond donors (Lipinski definition) is 1. The van der Waals surface area contributed by atoms with Crippen LogP contribution in [0.3, 0.4) is 0 Å². The van der Waals surface area contributed by atoms with E-state index in [9.17, 15) is 10.0 Å². The highest BCUT2D eigenvalue weighted by molar-refractivity contribution is 5.81. The first-order valence-corrected chi connectivity index (χ1v) is 6.88. The minimum Gasteiger partial charge on any atom is -0.623 e. The highest BCUT2D eigenvalue weighted by atomic mass is 16.5. The predicted octanol–water partition coefficient (Wildman–Crippen LogP) is 1.72. The molecule has 2 rings (SSSR count). The number of amides is 1. The van der Waals surface area contributed by atoms with Crippen LogP contribution in [0, 0.1) is 5.21 Å². The second-order valence-corrected chi connectivity index (χ2v) is 4.87. The summed E-state index contributed by atoms with van der Waals surface area (Å²) >= 11 is 0. The summed E-state index contributed by atoms with van der Waals surface area (Å²) in [5.74, 6) is 0.0500. The number of primary amides is 1. The lowest BCUT2D eigenvalue weighted by Gasteiger charge is -2.14. The molecule has 0 aromatic heterocycles. The summed E-state index contributed by atoms with van der Waals surface area (Å²) in [5, 5.41) is 12.2. The average Bonchev–Trinajstić information content (AvgIpc) is 2.54. The van der Waals surface area contributed by atoms with Gasteiger partial charge in [-0.15, -0.1) is 0 Å². The van der Waals surface area contributed by atoms with Gasteiger partial charge in [-0.3, -0.25) is 4.79 Å². The van der Waals surface area contributed by atoms with E-state index in [4.69, 9.17) is 10.5 Å². The molecule has 1 unspecified atom stereocenters. The van der Waals surface area contributed by atoms with Crippen molar-refractivity contribution < 1.29 is 14.3 Å². The normalized spacial score (nSPS) is 12.7. The van der Waals surface area contributed by atoms with Gasteiger partial charge in [0, 0.05) is 12.0 Å². The van der Waals surface area contributed by atoms with Crippen molar-refractivity contribution in [1.29, 1.82) is 0 Å². The molecule has 2 N–H and O–H groups in total. The molecule has 0 heterocycles. The fourth-order valence-corrected chi connectivity index (χ4v) is 2.08. The van der Waals surface area contributed by atoms with Gasteiger partial charge in [-0.25, -0.2) is 0 Å². The van der Waals surface area contributed by atoms with Crippen molar-refractivity contribution >= 4 is 12.1 Å². The van der Waals surface area contributed by atoms with Crippen LogP contribution in [0.1, 0.15) is 11.1 Å². The molecular weight excluding hydrogens is 280 g/mol. The van der Waals surface area contributed by atoms with E-state index in [2.05, 4.69) is 0 Å². The molecular formula is C17H18N2O3. The van der Waals surface area contributed by atoms with E-state index in [0.29, 0.717) is 16.1 Å². The van der Waals surface area contributed by atoms with Crippen LogP contribution in [-0.4, -0.2) is 30.0 Å². The van der Waals surface area contributed by atoms with Crippen LogP contribution in [0.15, 0.2) is 54.6 Å². The fourth-order valence-electron chi connectivity index (χ4n) is 2.08. The SMILES string of the molecule is COc1ccc(/C=[N+](\[O-])C(Cc2ccccc2)C(N)=O)cc1. The molecule has 0 bridgehead atoms. The van der Waals surface area contributed by atoms with Crippen LogP contribution in [-0.2, 0) is 11.2 Å². The van der Waals surface area contributed by atoms with E-state index in [1.54, 1.807) is 31.4 Å². The van der Waals surface area contributed by atoms with Crippen molar-refractivity contribution in [2.45, 2.75) is 12.5 Å². The summed E-state index contributed by atoms with van der Waals surface area (Å²) in [6.45, 7) is 0. The minimum atomic E-state index is -0.940. The van der Waals surface area contributed by atoms with Crippen LogP contribution >= 0.6 is 0 Å². The second kappa shape index (κ2) is 7.26. The van der Waals surface area contributed by atoms with E-state index in [-0.39, 0.29) is 6.42 Å². The molecule has 0 saturated carbocycles. The molecule has 1 atom stereocenters. The van der Waals surface area contributed by atoms with Gasteiger partial charge in [-0.1, -0.05) is 30.3 Å². The van der Waals surface area contributed by atoms with Gasteiger partial charge < -0.3 is 15.7 Å². The Labute approximate surface area is 129 Å². The molecule has 0 fully saturated rings. The van der Waals surface area contributed by atoms with Gasteiger partial charge in [-0.05, 0) is 29.8 Å². The molecule has 22 heavy (non-hydrogen) atoms. The lowest BCUT2D eigenvalue weighted by molar-refractivity contribution is -0.480. The summed E-state index contributed by atoms with van der Waals surface area (Å²) < 4.78 is 5.67. The molecule has 0 aliphatic carbocycles. The Balaban J connectivity index is 2.19. The summed E-state index contributed by atoms with van der Waals surface area (Å²) in [6, 6.07) is 15.3. The van der Waals surface area contributed by atoms with Gasteiger partial charge in [0.05, 0.1) is 7.11 Å². The Bertz CT molecular complexity index is 651. The lowest BCUT2D eigenvalue weighted by Crippen LogP contribution is -2.38. The van der Waals surface area contributed by atoms with Gasteiger partial charge in [0.2, 0.25) is 6.04 Å². The number of nitrogens with zero attached hydrogens (tertiary/aromatic N) is 1. The number of carbonyl (C=O) groups is 1. The molecule has 0 aliphatic heterocycles. The first kappa shape index (κ1) is 15.6. The Morgan fingerprint density at radius 1 is 1.23 bits per heavy atom. The predicted molar refractivity (Wildman–Crippen MR) is 84.9 cm³/mol. The van der Waals surface area contributed by atoms with E-state index < -0.39 is 11.9 Å². The smallest absolute Gasteiger partial charge is 0.287 e. The van der Waals surface area contributed by atoms with Gasteiger partial charge in [-0.2, -0.15) is 4.74 Å². The monoisotopic (exact) mass is 298 g/mol. The van der Waals surface area contributed by atoms with E-state index >= 15 is 0 Å². The quantitative estimate of drug-likeness (QED) is 0.382. The fraction of sp³-hybridized carbons (Fsp3) is 0.176. The van der Waals surface area contributed by atoms with Crippen LogP contribution < -0.4 is 10.5 Å². The summed E-state index contributed by atoms with van der Waals surface area (Å²) in [4.78, 5) is 11.6. The first-order valence-electron chi connectivity index (χ1n) is 6.88. The highest BCUT2D eigenvalue weighted by Crippen LogP contribution is 2.11. The van der Waals surface area contributed by atoms with E-state index in [0.717, 1.165) is 5.56 Å². The van der Waals surface area contributed by atoms with Crippen molar-refractivity contribution in [3.63, 3.8) is 0 Å². The largest absolute Gasteiger partial charge is 0.623 e. The number of nitrogens with two attached hydrogens (primary N) is 1. The zero-order valence-corrected chi connectivity index (χ0v) is 12.3. The van der Waals surface area contributed by atoms with Crippen molar-refractivity contribution in [1.82, 2.24) is 0 Å². The summed E-state index contributed by atoms with van der Waals surface area (Å²) in [7, 11) is 1.57. The van der Waals surface area contributed by atoms with Crippen molar-refractivity contribution in [2.75, 3.05) is 7.11 Å². The molecule has 0 aliphatic rings. The van der Waals surface area contributed by atoms with Crippen molar-refractivity contribution in [3.8, 4) is 5.75 Å². The maximum absolute atomic E-state index is 12.2. The summed E-state index contributed by atoms with van der Waals surface area (Å²) in [5.41, 5.74) is 6.92. The first-order chi connectivity index (χ1) is 10.6. The van der Waals surface area contributed by atoms with Crippen LogP contribution in [0.2, 0.25) is 0 Å². The zero-order chi connectivity index (χ0) is 15.9. The number of ether oxygens (including phenoxy) is 1. The molecule has 5 nitrogen and oxygen atoms in total. The van der Waals surface area contributed by atoms with Gasteiger partial charge >= 0.3 is 0 Å². The summed E-state index contributed by atoms with van der Waals surface area (Å²) in [6.07, 6.45) is 1.63. The van der Waals surface area contributed by atoms with Crippen LogP contribution in [0.5, 0.6) is 5.75 Å². The highest BCUT2D eigenvalue weighted by Gasteiger charge is 2.23. The Morgan fingerprint density at radius 2 is 1.86 bits per heavy atom. The molecule has 0 saturated heterocycles. The molecule has 2 aromatic rings. The van der Waals surface area contributed by atoms with Gasteiger partial charge in [0.25, 0.3) is 5.91 Å². The minimum absolute atomic E-state index is 0.270. The third-order valence-corrected chi connectivity index (χ3v) is 3.30. The molecule has 114 valence electrons. The third kappa shape index (κ3) is 4.09. The third-order valence-electron chi connectivity index (χ3n) is 3.30. The number of methoxy groups -OCH3 is 1. The molecule has 5 heteroatoms. The zero-order valence-electron chi connectivity index (χ0n) is 12.3. The lowest BCUT2D eigenvalue weighted by atomic mass is 10.1. The molecule has 0 radical (unpaired) electrons. The van der Waals surface area contributed by atoms with Crippen molar-refractivity contribution in [2.24, 2.45) is 5.73 Å². The average molecular weight is 298 g/mol. The maximum atomic E-state index is 12.2. The Kier molecular flexibility index (Phi) is 5.14. The molecule has 2 aromatic carbocycles. The number of rotatable bonds is 6. The second-order valence-electron chi connectivity index (χ2n) is 4.87. The van der Waals surface area contributed by atoms with Gasteiger partial charge in [0.15, 0.2) is 6.21 Å².